The minimum atomic E-state index is -0.568. The molecule has 0 unspecified atom stereocenters. The van der Waals surface area contributed by atoms with Crippen LogP contribution in [0.4, 0.5) is 0 Å². The Morgan fingerprint density at radius 2 is 1.73 bits per heavy atom. The van der Waals surface area contributed by atoms with Crippen molar-refractivity contribution in [3.63, 3.8) is 0 Å². The summed E-state index contributed by atoms with van der Waals surface area (Å²) in [5, 5.41) is 5.48. The summed E-state index contributed by atoms with van der Waals surface area (Å²) in [4.78, 5) is 23.7. The van der Waals surface area contributed by atoms with Gasteiger partial charge in [0.25, 0.3) is 0 Å². The first kappa shape index (κ1) is 15.7. The van der Waals surface area contributed by atoms with Crippen LogP contribution in [0, 0.1) is 0 Å². The van der Waals surface area contributed by atoms with Crippen molar-refractivity contribution in [1.29, 1.82) is 0 Å². The van der Waals surface area contributed by atoms with Crippen molar-refractivity contribution in [3.8, 4) is 0 Å². The molecular formula is C16H26N2O4. The third-order valence-electron chi connectivity index (χ3n) is 4.92. The molecule has 6 nitrogen and oxygen atoms in total. The first-order chi connectivity index (χ1) is 10.7. The fraction of sp³-hybridized carbons (Fsp3) is 0.875. The summed E-state index contributed by atoms with van der Waals surface area (Å²) >= 11 is 0. The largest absolute Gasteiger partial charge is 0.347 e. The second-order valence-corrected chi connectivity index (χ2v) is 6.69. The van der Waals surface area contributed by atoms with Gasteiger partial charge in [-0.2, -0.15) is 0 Å². The van der Waals surface area contributed by atoms with Gasteiger partial charge in [-0.05, 0) is 25.7 Å². The van der Waals surface area contributed by atoms with E-state index in [4.69, 9.17) is 9.47 Å². The van der Waals surface area contributed by atoms with E-state index in [0.717, 1.165) is 51.4 Å². The molecule has 3 fully saturated rings. The molecule has 1 atom stereocenters. The number of amides is 2. The topological polar surface area (TPSA) is 76.7 Å². The van der Waals surface area contributed by atoms with E-state index in [0.29, 0.717) is 13.2 Å². The van der Waals surface area contributed by atoms with Gasteiger partial charge in [-0.3, -0.25) is 9.59 Å². The minimum absolute atomic E-state index is 0.149. The van der Waals surface area contributed by atoms with Crippen molar-refractivity contribution in [1.82, 2.24) is 10.6 Å². The van der Waals surface area contributed by atoms with Crippen LogP contribution in [0.1, 0.15) is 57.8 Å². The summed E-state index contributed by atoms with van der Waals surface area (Å²) in [5.74, 6) is -1.51. The average Bonchev–Trinajstić information content (AvgIpc) is 3.16. The van der Waals surface area contributed by atoms with Gasteiger partial charge in [0.05, 0.1) is 6.61 Å². The average molecular weight is 310 g/mol. The summed E-state index contributed by atoms with van der Waals surface area (Å²) in [5.41, 5.74) is 0. The van der Waals surface area contributed by atoms with Gasteiger partial charge in [0.1, 0.15) is 6.10 Å². The molecule has 124 valence electrons. The molecule has 1 saturated heterocycles. The number of rotatable bonds is 3. The minimum Gasteiger partial charge on any atom is -0.347 e. The highest BCUT2D eigenvalue weighted by molar-refractivity contribution is 6.35. The Balaban J connectivity index is 1.37. The van der Waals surface area contributed by atoms with Gasteiger partial charge < -0.3 is 20.1 Å². The second-order valence-electron chi connectivity index (χ2n) is 6.69. The van der Waals surface area contributed by atoms with E-state index in [1.54, 1.807) is 0 Å². The second kappa shape index (κ2) is 6.96. The van der Waals surface area contributed by atoms with Gasteiger partial charge >= 0.3 is 11.8 Å². The van der Waals surface area contributed by atoms with Crippen molar-refractivity contribution in [2.24, 2.45) is 0 Å². The van der Waals surface area contributed by atoms with Gasteiger partial charge in [0.2, 0.25) is 0 Å². The molecule has 0 aromatic carbocycles. The third kappa shape index (κ3) is 3.79. The number of carbonyl (C=O) groups excluding carboxylic acids is 2. The molecule has 0 aromatic rings. The van der Waals surface area contributed by atoms with Crippen LogP contribution in [0.15, 0.2) is 0 Å². The molecule has 0 aromatic heterocycles. The van der Waals surface area contributed by atoms with Gasteiger partial charge in [-0.15, -0.1) is 0 Å². The van der Waals surface area contributed by atoms with Crippen LogP contribution >= 0.6 is 0 Å². The molecule has 2 N–H and O–H groups in total. The van der Waals surface area contributed by atoms with Crippen LogP contribution in [-0.2, 0) is 19.1 Å². The van der Waals surface area contributed by atoms with Gasteiger partial charge in [0, 0.05) is 25.4 Å². The standard InChI is InChI=1S/C16H26N2O4/c19-14(15(20)18-12-6-2-1-3-7-12)17-10-13-11-21-16(22-13)8-4-5-9-16/h12-13H,1-11H2,(H,17,19)(H,18,20)/t13-/m0/s1. The quantitative estimate of drug-likeness (QED) is 0.769. The van der Waals surface area contributed by atoms with Crippen LogP contribution in [-0.4, -0.2) is 42.9 Å². The first-order valence-electron chi connectivity index (χ1n) is 8.57. The Morgan fingerprint density at radius 1 is 1.00 bits per heavy atom. The van der Waals surface area contributed by atoms with Gasteiger partial charge in [-0.1, -0.05) is 19.3 Å². The molecule has 3 aliphatic rings. The number of nitrogens with one attached hydrogen (secondary N) is 2. The van der Waals surface area contributed by atoms with Crippen LogP contribution < -0.4 is 10.6 Å². The molecule has 2 saturated carbocycles. The first-order valence-corrected chi connectivity index (χ1v) is 8.57. The molecule has 2 amide bonds. The lowest BCUT2D eigenvalue weighted by Gasteiger charge is -2.23. The zero-order valence-corrected chi connectivity index (χ0v) is 13.1. The van der Waals surface area contributed by atoms with E-state index in [1.807, 2.05) is 0 Å². The van der Waals surface area contributed by atoms with Gasteiger partial charge in [-0.25, -0.2) is 0 Å². The number of ether oxygens (including phenoxy) is 2. The molecule has 22 heavy (non-hydrogen) atoms. The molecule has 1 spiro atoms. The molecule has 1 heterocycles. The molecule has 0 radical (unpaired) electrons. The van der Waals surface area contributed by atoms with E-state index in [2.05, 4.69) is 10.6 Å². The third-order valence-corrected chi connectivity index (χ3v) is 4.92. The van der Waals surface area contributed by atoms with E-state index < -0.39 is 17.6 Å². The Morgan fingerprint density at radius 3 is 2.45 bits per heavy atom. The summed E-state index contributed by atoms with van der Waals surface area (Å²) in [6, 6.07) is 0.153. The number of hydrogen-bond donors (Lipinski definition) is 2. The Bertz CT molecular complexity index is 414. The van der Waals surface area contributed by atoms with Crippen molar-refractivity contribution in [2.45, 2.75) is 75.7 Å². The summed E-state index contributed by atoms with van der Waals surface area (Å²) in [6.07, 6.45) is 9.39. The highest BCUT2D eigenvalue weighted by Gasteiger charge is 2.43. The lowest BCUT2D eigenvalue weighted by atomic mass is 9.95. The number of carbonyl (C=O) groups is 2. The SMILES string of the molecule is O=C(NC[C@H]1COC2(CCCC2)O1)C(=O)NC1CCCCC1. The number of hydrogen-bond acceptors (Lipinski definition) is 4. The molecule has 6 heteroatoms. The van der Waals surface area contributed by atoms with Crippen LogP contribution in [0.3, 0.4) is 0 Å². The summed E-state index contributed by atoms with van der Waals surface area (Å²) in [7, 11) is 0. The maximum absolute atomic E-state index is 11.9. The normalized spacial score (nSPS) is 27.9. The van der Waals surface area contributed by atoms with Crippen LogP contribution in [0.25, 0.3) is 0 Å². The van der Waals surface area contributed by atoms with Crippen molar-refractivity contribution >= 4 is 11.8 Å². The lowest BCUT2D eigenvalue weighted by Crippen LogP contribution is -2.47. The predicted octanol–water partition coefficient (Wildman–Crippen LogP) is 1.24. The maximum atomic E-state index is 11.9. The van der Waals surface area contributed by atoms with Crippen LogP contribution in [0.2, 0.25) is 0 Å². The van der Waals surface area contributed by atoms with Crippen molar-refractivity contribution in [3.05, 3.63) is 0 Å². The van der Waals surface area contributed by atoms with Crippen LogP contribution in [0.5, 0.6) is 0 Å². The Hall–Kier alpha value is -1.14. The van der Waals surface area contributed by atoms with E-state index in [1.165, 1.54) is 6.42 Å². The maximum Gasteiger partial charge on any atom is 0.309 e. The molecule has 0 bridgehead atoms. The van der Waals surface area contributed by atoms with E-state index >= 15 is 0 Å². The van der Waals surface area contributed by atoms with Gasteiger partial charge in [0.15, 0.2) is 5.79 Å². The fourth-order valence-electron chi connectivity index (χ4n) is 3.68. The lowest BCUT2D eigenvalue weighted by molar-refractivity contribution is -0.161. The van der Waals surface area contributed by atoms with E-state index in [-0.39, 0.29) is 12.1 Å². The fourth-order valence-corrected chi connectivity index (χ4v) is 3.68. The highest BCUT2D eigenvalue weighted by Crippen LogP contribution is 2.38. The van der Waals surface area contributed by atoms with E-state index in [9.17, 15) is 9.59 Å². The zero-order valence-electron chi connectivity index (χ0n) is 13.1. The Labute approximate surface area is 131 Å². The molecular weight excluding hydrogens is 284 g/mol. The zero-order chi connectivity index (χ0) is 15.4. The summed E-state index contributed by atoms with van der Waals surface area (Å²) in [6.45, 7) is 0.823. The summed E-state index contributed by atoms with van der Waals surface area (Å²) < 4.78 is 11.7. The van der Waals surface area contributed by atoms with Crippen molar-refractivity contribution in [2.75, 3.05) is 13.2 Å². The predicted molar refractivity (Wildman–Crippen MR) is 80.0 cm³/mol. The molecule has 2 aliphatic carbocycles. The highest BCUT2D eigenvalue weighted by atomic mass is 16.7. The molecule has 3 rings (SSSR count). The smallest absolute Gasteiger partial charge is 0.309 e. The van der Waals surface area contributed by atoms with Crippen molar-refractivity contribution < 1.29 is 19.1 Å². The molecule has 1 aliphatic heterocycles. The monoisotopic (exact) mass is 310 g/mol. The Kier molecular flexibility index (Phi) is 4.98.